The van der Waals surface area contributed by atoms with Crippen LogP contribution in [0.4, 0.5) is 4.79 Å². The number of carbonyl (C=O) groups excluding carboxylic acids is 3. The minimum atomic E-state index is -1.07. The Morgan fingerprint density at radius 2 is 1.59 bits per heavy atom. The molecule has 0 saturated carbocycles. The molecule has 8 heteroatoms. The summed E-state index contributed by atoms with van der Waals surface area (Å²) in [7, 11) is 0. The van der Waals surface area contributed by atoms with Gasteiger partial charge in [-0.3, -0.25) is 9.59 Å². The minimum Gasteiger partial charge on any atom is -0.507 e. The van der Waals surface area contributed by atoms with Crippen LogP contribution in [-0.4, -0.2) is 46.6 Å². The summed E-state index contributed by atoms with van der Waals surface area (Å²) in [5, 5.41) is 16.4. The highest BCUT2D eigenvalue weighted by Crippen LogP contribution is 2.32. The first-order chi connectivity index (χ1) is 18.5. The van der Waals surface area contributed by atoms with Gasteiger partial charge in [0, 0.05) is 18.7 Å². The van der Waals surface area contributed by atoms with E-state index in [2.05, 4.69) is 17.6 Å². The average molecular weight is 540 g/mol. The van der Waals surface area contributed by atoms with Crippen LogP contribution in [0, 0.1) is 6.92 Å². The summed E-state index contributed by atoms with van der Waals surface area (Å²) < 4.78 is 5.28. The van der Waals surface area contributed by atoms with Gasteiger partial charge in [-0.25, -0.2) is 4.79 Å². The molecule has 1 atom stereocenters. The number of alkyl carbamates (subject to hydrolysis) is 1. The maximum Gasteiger partial charge on any atom is 0.408 e. The molecule has 0 radical (unpaired) electrons. The van der Waals surface area contributed by atoms with Crippen molar-refractivity contribution in [3.8, 4) is 5.75 Å². The fourth-order valence-corrected chi connectivity index (χ4v) is 4.26. The SMILES string of the molecule is CCCCCCCCN(C(=O)CNC(=O)OC(C)(C)C)C(C(=O)NCc1ccccc1)c1cccc(C)c1O. The van der Waals surface area contributed by atoms with Crippen molar-refractivity contribution >= 4 is 17.9 Å². The van der Waals surface area contributed by atoms with Gasteiger partial charge in [-0.1, -0.05) is 87.6 Å². The molecule has 1 unspecified atom stereocenters. The van der Waals surface area contributed by atoms with E-state index in [1.165, 1.54) is 4.90 Å². The van der Waals surface area contributed by atoms with E-state index in [1.807, 2.05) is 30.3 Å². The van der Waals surface area contributed by atoms with Gasteiger partial charge in [0.1, 0.15) is 23.9 Å². The lowest BCUT2D eigenvalue weighted by molar-refractivity contribution is -0.140. The number of ether oxygens (including phenoxy) is 1. The number of carbonyl (C=O) groups is 3. The normalized spacial score (nSPS) is 11.9. The van der Waals surface area contributed by atoms with E-state index in [-0.39, 0.29) is 18.8 Å². The first-order valence-electron chi connectivity index (χ1n) is 13.9. The molecule has 3 N–H and O–H groups in total. The molecule has 0 fully saturated rings. The third-order valence-electron chi connectivity index (χ3n) is 6.29. The van der Waals surface area contributed by atoms with Crippen molar-refractivity contribution in [2.24, 2.45) is 0 Å². The molecule has 0 saturated heterocycles. The van der Waals surface area contributed by atoms with E-state index in [0.717, 1.165) is 37.7 Å². The summed E-state index contributed by atoms with van der Waals surface area (Å²) in [6, 6.07) is 13.6. The largest absolute Gasteiger partial charge is 0.507 e. The third-order valence-corrected chi connectivity index (χ3v) is 6.29. The van der Waals surface area contributed by atoms with E-state index in [1.54, 1.807) is 45.9 Å². The number of aromatic hydroxyl groups is 1. The Balaban J connectivity index is 2.32. The van der Waals surface area contributed by atoms with E-state index in [4.69, 9.17) is 4.74 Å². The molecule has 0 spiro atoms. The average Bonchev–Trinajstić information content (AvgIpc) is 2.89. The van der Waals surface area contributed by atoms with Gasteiger partial charge in [-0.05, 0) is 45.2 Å². The zero-order valence-corrected chi connectivity index (χ0v) is 24.1. The van der Waals surface area contributed by atoms with Gasteiger partial charge in [0.25, 0.3) is 0 Å². The number of rotatable bonds is 14. The summed E-state index contributed by atoms with van der Waals surface area (Å²) in [6.45, 7) is 9.38. The molecule has 8 nitrogen and oxygen atoms in total. The Labute approximate surface area is 233 Å². The second-order valence-electron chi connectivity index (χ2n) is 10.8. The van der Waals surface area contributed by atoms with Gasteiger partial charge < -0.3 is 25.4 Å². The van der Waals surface area contributed by atoms with Gasteiger partial charge in [0.05, 0.1) is 0 Å². The van der Waals surface area contributed by atoms with Crippen molar-refractivity contribution < 1.29 is 24.2 Å². The predicted octanol–water partition coefficient (Wildman–Crippen LogP) is 5.77. The quantitative estimate of drug-likeness (QED) is 0.264. The molecule has 0 aliphatic heterocycles. The molecule has 39 heavy (non-hydrogen) atoms. The highest BCUT2D eigenvalue weighted by atomic mass is 16.6. The van der Waals surface area contributed by atoms with Gasteiger partial charge in [0.15, 0.2) is 0 Å². The van der Waals surface area contributed by atoms with Crippen LogP contribution in [0.2, 0.25) is 0 Å². The number of phenols is 1. The van der Waals surface area contributed by atoms with Gasteiger partial charge >= 0.3 is 6.09 Å². The zero-order valence-electron chi connectivity index (χ0n) is 24.1. The fourth-order valence-electron chi connectivity index (χ4n) is 4.26. The van der Waals surface area contributed by atoms with E-state index >= 15 is 0 Å². The molecule has 0 aliphatic carbocycles. The summed E-state index contributed by atoms with van der Waals surface area (Å²) in [5.41, 5.74) is 1.15. The smallest absolute Gasteiger partial charge is 0.408 e. The summed E-state index contributed by atoms with van der Waals surface area (Å²) in [6.07, 6.45) is 5.33. The van der Waals surface area contributed by atoms with Crippen LogP contribution < -0.4 is 10.6 Å². The monoisotopic (exact) mass is 539 g/mol. The zero-order chi connectivity index (χ0) is 28.8. The molecule has 0 heterocycles. The van der Waals surface area contributed by atoms with Gasteiger partial charge in [0.2, 0.25) is 11.8 Å². The number of nitrogens with one attached hydrogen (secondary N) is 2. The van der Waals surface area contributed by atoms with Crippen LogP contribution in [-0.2, 0) is 20.9 Å². The van der Waals surface area contributed by atoms with Crippen molar-refractivity contribution in [3.63, 3.8) is 0 Å². The molecular weight excluding hydrogens is 494 g/mol. The Morgan fingerprint density at radius 1 is 0.923 bits per heavy atom. The summed E-state index contributed by atoms with van der Waals surface area (Å²) in [5.74, 6) is -0.871. The highest BCUT2D eigenvalue weighted by Gasteiger charge is 2.33. The standard InChI is InChI=1S/C31H45N3O5/c1-6-7-8-9-10-14-20-34(26(35)22-33-30(38)39-31(3,4)5)27(25-19-15-16-23(2)28(25)36)29(37)32-21-24-17-12-11-13-18-24/h11-13,15-19,27,36H,6-10,14,20-22H2,1-5H3,(H,32,37)(H,33,38). The number of amides is 3. The Hall–Kier alpha value is -3.55. The van der Waals surface area contributed by atoms with Crippen LogP contribution in [0.15, 0.2) is 48.5 Å². The Morgan fingerprint density at radius 3 is 2.26 bits per heavy atom. The first kappa shape index (κ1) is 31.7. The van der Waals surface area contributed by atoms with Gasteiger partial charge in [-0.2, -0.15) is 0 Å². The van der Waals surface area contributed by atoms with Crippen molar-refractivity contribution in [1.82, 2.24) is 15.5 Å². The molecule has 2 rings (SSSR count). The second kappa shape index (κ2) is 15.8. The lowest BCUT2D eigenvalue weighted by Crippen LogP contribution is -2.48. The molecule has 2 aromatic carbocycles. The summed E-state index contributed by atoms with van der Waals surface area (Å²) in [4.78, 5) is 41.0. The van der Waals surface area contributed by atoms with Crippen LogP contribution in [0.25, 0.3) is 0 Å². The second-order valence-corrected chi connectivity index (χ2v) is 10.8. The number of aryl methyl sites for hydroxylation is 1. The summed E-state index contributed by atoms with van der Waals surface area (Å²) >= 11 is 0. The van der Waals surface area contributed by atoms with E-state index in [0.29, 0.717) is 24.1 Å². The maximum atomic E-state index is 13.7. The number of para-hydroxylation sites is 1. The van der Waals surface area contributed by atoms with Crippen LogP contribution in [0.5, 0.6) is 5.75 Å². The van der Waals surface area contributed by atoms with Crippen molar-refractivity contribution in [1.29, 1.82) is 0 Å². The number of unbranched alkanes of at least 4 members (excludes halogenated alkanes) is 5. The van der Waals surface area contributed by atoms with Crippen LogP contribution in [0.3, 0.4) is 0 Å². The molecule has 0 aliphatic rings. The van der Waals surface area contributed by atoms with Crippen LogP contribution >= 0.6 is 0 Å². The number of benzene rings is 2. The highest BCUT2D eigenvalue weighted by molar-refractivity contribution is 5.91. The van der Waals surface area contributed by atoms with Crippen molar-refractivity contribution in [3.05, 3.63) is 65.2 Å². The molecular formula is C31H45N3O5. The van der Waals surface area contributed by atoms with Crippen molar-refractivity contribution in [2.75, 3.05) is 13.1 Å². The van der Waals surface area contributed by atoms with E-state index < -0.39 is 29.6 Å². The molecule has 2 aromatic rings. The number of hydrogen-bond acceptors (Lipinski definition) is 5. The van der Waals surface area contributed by atoms with Gasteiger partial charge in [-0.15, -0.1) is 0 Å². The lowest BCUT2D eigenvalue weighted by atomic mass is 9.99. The predicted molar refractivity (Wildman–Crippen MR) is 153 cm³/mol. The first-order valence-corrected chi connectivity index (χ1v) is 13.9. The number of nitrogens with zero attached hydrogens (tertiary/aromatic N) is 1. The minimum absolute atomic E-state index is 0.0294. The molecule has 3 amide bonds. The Bertz CT molecular complexity index is 1070. The van der Waals surface area contributed by atoms with Crippen LogP contribution in [0.1, 0.15) is 89.0 Å². The fraction of sp³-hybridized carbons (Fsp3) is 0.516. The van der Waals surface area contributed by atoms with E-state index in [9.17, 15) is 19.5 Å². The topological polar surface area (TPSA) is 108 Å². The molecule has 0 aromatic heterocycles. The molecule has 0 bridgehead atoms. The third kappa shape index (κ3) is 11.0. The maximum absolute atomic E-state index is 13.7. The number of phenolic OH excluding ortho intramolecular Hbond substituents is 1. The Kier molecular flexibility index (Phi) is 12.8. The molecule has 214 valence electrons. The lowest BCUT2D eigenvalue weighted by Gasteiger charge is -2.32. The number of hydrogen-bond donors (Lipinski definition) is 3. The van der Waals surface area contributed by atoms with Crippen molar-refractivity contribution in [2.45, 2.75) is 91.3 Å².